The van der Waals surface area contributed by atoms with E-state index in [4.69, 9.17) is 5.73 Å². The molecule has 1 saturated carbocycles. The van der Waals surface area contributed by atoms with Crippen LogP contribution < -0.4 is 11.1 Å². The second-order valence-electron chi connectivity index (χ2n) is 4.48. The molecule has 2 atom stereocenters. The topological polar surface area (TPSA) is 38.0 Å². The summed E-state index contributed by atoms with van der Waals surface area (Å²) in [4.78, 5) is 0. The molecule has 0 aromatic heterocycles. The summed E-state index contributed by atoms with van der Waals surface area (Å²) in [6, 6.07) is 11.5. The second-order valence-corrected chi connectivity index (χ2v) is 4.48. The van der Waals surface area contributed by atoms with Crippen molar-refractivity contribution in [3.05, 3.63) is 35.9 Å². The van der Waals surface area contributed by atoms with Gasteiger partial charge in [0.15, 0.2) is 0 Å². The molecule has 0 saturated heterocycles. The third-order valence-corrected chi connectivity index (χ3v) is 3.21. The number of nitrogens with two attached hydrogens (primary N) is 1. The number of hydrogen-bond donors (Lipinski definition) is 2. The van der Waals surface area contributed by atoms with Crippen molar-refractivity contribution in [1.29, 1.82) is 0 Å². The van der Waals surface area contributed by atoms with Crippen LogP contribution in [0.25, 0.3) is 0 Å². The molecule has 2 heteroatoms. The smallest absolute Gasteiger partial charge is 0.0294 e. The maximum Gasteiger partial charge on any atom is 0.0294 e. The van der Waals surface area contributed by atoms with Crippen LogP contribution in [0.3, 0.4) is 0 Å². The van der Waals surface area contributed by atoms with Gasteiger partial charge in [-0.2, -0.15) is 0 Å². The summed E-state index contributed by atoms with van der Waals surface area (Å²) in [6.07, 6.45) is 2.69. The van der Waals surface area contributed by atoms with Gasteiger partial charge in [0, 0.05) is 18.6 Å². The molecule has 2 rings (SSSR count). The quantitative estimate of drug-likeness (QED) is 0.770. The van der Waals surface area contributed by atoms with E-state index in [0.29, 0.717) is 12.1 Å². The standard InChI is InChI=1S/C13H20N2/c1-10(11-5-3-2-4-6-11)15-13(9-14)12-7-8-12/h2-6,10,12-13,15H,7-9,14H2,1H3. The summed E-state index contributed by atoms with van der Waals surface area (Å²) in [7, 11) is 0. The van der Waals surface area contributed by atoms with E-state index in [1.165, 1.54) is 18.4 Å². The molecule has 2 nitrogen and oxygen atoms in total. The minimum Gasteiger partial charge on any atom is -0.329 e. The molecule has 0 radical (unpaired) electrons. The Morgan fingerprint density at radius 3 is 2.53 bits per heavy atom. The Morgan fingerprint density at radius 1 is 1.33 bits per heavy atom. The van der Waals surface area contributed by atoms with Gasteiger partial charge in [-0.3, -0.25) is 0 Å². The van der Waals surface area contributed by atoms with Crippen LogP contribution >= 0.6 is 0 Å². The Balaban J connectivity index is 1.93. The van der Waals surface area contributed by atoms with Crippen LogP contribution in [0.1, 0.15) is 31.4 Å². The van der Waals surface area contributed by atoms with E-state index in [0.717, 1.165) is 12.5 Å². The summed E-state index contributed by atoms with van der Waals surface area (Å²) in [5, 5.41) is 3.62. The summed E-state index contributed by atoms with van der Waals surface area (Å²) in [6.45, 7) is 2.96. The largest absolute Gasteiger partial charge is 0.329 e. The first-order valence-electron chi connectivity index (χ1n) is 5.82. The molecular weight excluding hydrogens is 184 g/mol. The molecule has 0 amide bonds. The van der Waals surface area contributed by atoms with Gasteiger partial charge in [0.1, 0.15) is 0 Å². The van der Waals surface area contributed by atoms with Crippen molar-refractivity contribution in [1.82, 2.24) is 5.32 Å². The lowest BCUT2D eigenvalue weighted by Crippen LogP contribution is -2.39. The molecule has 0 heterocycles. The Labute approximate surface area is 91.9 Å². The molecule has 0 aliphatic heterocycles. The fraction of sp³-hybridized carbons (Fsp3) is 0.538. The normalized spacial score (nSPS) is 19.9. The lowest BCUT2D eigenvalue weighted by molar-refractivity contribution is 0.421. The summed E-state index contributed by atoms with van der Waals surface area (Å²) in [5.41, 5.74) is 7.12. The average molecular weight is 204 g/mol. The molecule has 1 fully saturated rings. The van der Waals surface area contributed by atoms with Crippen molar-refractivity contribution in [2.75, 3.05) is 6.54 Å². The highest BCUT2D eigenvalue weighted by molar-refractivity contribution is 5.18. The molecule has 3 N–H and O–H groups in total. The minimum atomic E-state index is 0.403. The molecule has 0 spiro atoms. The summed E-state index contributed by atoms with van der Waals surface area (Å²) in [5.74, 6) is 0.821. The molecule has 1 aromatic carbocycles. The first-order valence-corrected chi connectivity index (χ1v) is 5.82. The maximum absolute atomic E-state index is 5.78. The lowest BCUT2D eigenvalue weighted by atomic mass is 10.1. The SMILES string of the molecule is CC(NC(CN)C1CC1)c1ccccc1. The van der Waals surface area contributed by atoms with E-state index in [2.05, 4.69) is 42.6 Å². The van der Waals surface area contributed by atoms with Crippen molar-refractivity contribution in [2.24, 2.45) is 11.7 Å². The highest BCUT2D eigenvalue weighted by Gasteiger charge is 2.30. The third-order valence-electron chi connectivity index (χ3n) is 3.21. The number of benzene rings is 1. The van der Waals surface area contributed by atoms with Gasteiger partial charge in [-0.15, -0.1) is 0 Å². The highest BCUT2D eigenvalue weighted by atomic mass is 15.0. The molecule has 15 heavy (non-hydrogen) atoms. The van der Waals surface area contributed by atoms with Gasteiger partial charge in [0.05, 0.1) is 0 Å². The molecular formula is C13H20N2. The number of nitrogens with one attached hydrogen (secondary N) is 1. The van der Waals surface area contributed by atoms with E-state index in [9.17, 15) is 0 Å². The summed E-state index contributed by atoms with van der Waals surface area (Å²) < 4.78 is 0. The van der Waals surface area contributed by atoms with Crippen LogP contribution in [0.2, 0.25) is 0 Å². The predicted molar refractivity (Wildman–Crippen MR) is 63.6 cm³/mol. The molecule has 1 aliphatic rings. The molecule has 0 bridgehead atoms. The Hall–Kier alpha value is -0.860. The zero-order chi connectivity index (χ0) is 10.7. The van der Waals surface area contributed by atoms with Crippen molar-refractivity contribution in [3.8, 4) is 0 Å². The molecule has 1 aromatic rings. The van der Waals surface area contributed by atoms with Gasteiger partial charge in [0.2, 0.25) is 0 Å². The molecule has 1 aliphatic carbocycles. The monoisotopic (exact) mass is 204 g/mol. The molecule has 82 valence electrons. The van der Waals surface area contributed by atoms with Crippen molar-refractivity contribution in [2.45, 2.75) is 31.8 Å². The van der Waals surface area contributed by atoms with Crippen LogP contribution in [0.4, 0.5) is 0 Å². The van der Waals surface area contributed by atoms with Crippen molar-refractivity contribution in [3.63, 3.8) is 0 Å². The lowest BCUT2D eigenvalue weighted by Gasteiger charge is -2.22. The van der Waals surface area contributed by atoms with Crippen LogP contribution in [0, 0.1) is 5.92 Å². The van der Waals surface area contributed by atoms with E-state index in [1.807, 2.05) is 0 Å². The first-order chi connectivity index (χ1) is 7.31. The molecule has 2 unspecified atom stereocenters. The van der Waals surface area contributed by atoms with Gasteiger partial charge in [-0.05, 0) is 31.2 Å². The summed E-state index contributed by atoms with van der Waals surface area (Å²) >= 11 is 0. The Bertz CT molecular complexity index is 293. The zero-order valence-corrected chi connectivity index (χ0v) is 9.32. The van der Waals surface area contributed by atoms with Gasteiger partial charge in [0.25, 0.3) is 0 Å². The second kappa shape index (κ2) is 4.77. The minimum absolute atomic E-state index is 0.403. The number of hydrogen-bond acceptors (Lipinski definition) is 2. The third kappa shape index (κ3) is 2.80. The van der Waals surface area contributed by atoms with Crippen LogP contribution in [-0.2, 0) is 0 Å². The van der Waals surface area contributed by atoms with Crippen LogP contribution in [0.5, 0.6) is 0 Å². The van der Waals surface area contributed by atoms with E-state index >= 15 is 0 Å². The predicted octanol–water partition coefficient (Wildman–Crippen LogP) is 2.07. The fourth-order valence-electron chi connectivity index (χ4n) is 2.05. The van der Waals surface area contributed by atoms with Crippen molar-refractivity contribution < 1.29 is 0 Å². The zero-order valence-electron chi connectivity index (χ0n) is 9.32. The average Bonchev–Trinajstić information content (AvgIpc) is 3.10. The van der Waals surface area contributed by atoms with Crippen molar-refractivity contribution >= 4 is 0 Å². The van der Waals surface area contributed by atoms with Gasteiger partial charge < -0.3 is 11.1 Å². The van der Waals surface area contributed by atoms with Crippen LogP contribution in [-0.4, -0.2) is 12.6 Å². The Kier molecular flexibility index (Phi) is 3.39. The first kappa shape index (κ1) is 10.7. The highest BCUT2D eigenvalue weighted by Crippen LogP contribution is 2.33. The fourth-order valence-corrected chi connectivity index (χ4v) is 2.05. The van der Waals surface area contributed by atoms with Crippen LogP contribution in [0.15, 0.2) is 30.3 Å². The maximum atomic E-state index is 5.78. The Morgan fingerprint density at radius 2 is 2.00 bits per heavy atom. The number of rotatable bonds is 5. The van der Waals surface area contributed by atoms with E-state index < -0.39 is 0 Å². The van der Waals surface area contributed by atoms with Gasteiger partial charge in [-0.25, -0.2) is 0 Å². The van der Waals surface area contributed by atoms with E-state index in [1.54, 1.807) is 0 Å². The van der Waals surface area contributed by atoms with E-state index in [-0.39, 0.29) is 0 Å². The van der Waals surface area contributed by atoms with Gasteiger partial charge in [-0.1, -0.05) is 30.3 Å². The van der Waals surface area contributed by atoms with Gasteiger partial charge >= 0.3 is 0 Å².